The van der Waals surface area contributed by atoms with E-state index in [2.05, 4.69) is 33.1 Å². The smallest absolute Gasteiger partial charge is 0.321 e. The average molecular weight is 399 g/mol. The zero-order valence-electron chi connectivity index (χ0n) is 16.3. The van der Waals surface area contributed by atoms with Crippen molar-refractivity contribution in [3.63, 3.8) is 0 Å². The highest BCUT2D eigenvalue weighted by Crippen LogP contribution is 2.21. The van der Waals surface area contributed by atoms with Gasteiger partial charge in [0.2, 0.25) is 0 Å². The van der Waals surface area contributed by atoms with Gasteiger partial charge >= 0.3 is 6.03 Å². The van der Waals surface area contributed by atoms with Crippen molar-refractivity contribution in [3.8, 4) is 0 Å². The number of thioether (sulfide) groups is 1. The lowest BCUT2D eigenvalue weighted by atomic mass is 10.2. The van der Waals surface area contributed by atoms with Crippen molar-refractivity contribution >= 4 is 35.7 Å². The average Bonchev–Trinajstić information content (AvgIpc) is 3.16. The molecule has 1 atom stereocenters. The third kappa shape index (κ3) is 4.01. The molecule has 1 saturated heterocycles. The van der Waals surface area contributed by atoms with Crippen LogP contribution in [0.1, 0.15) is 13.3 Å². The van der Waals surface area contributed by atoms with Crippen LogP contribution in [0.15, 0.2) is 51.0 Å². The second-order valence-electron chi connectivity index (χ2n) is 7.09. The molecule has 2 amide bonds. The summed E-state index contributed by atoms with van der Waals surface area (Å²) in [6.07, 6.45) is 7.03. The van der Waals surface area contributed by atoms with Gasteiger partial charge in [0.25, 0.3) is 0 Å². The normalized spacial score (nSPS) is 21.4. The molecular weight excluding hydrogens is 372 g/mol. The molecule has 0 aliphatic carbocycles. The number of anilines is 1. The molecule has 1 aromatic carbocycles. The maximum absolute atomic E-state index is 12.6. The van der Waals surface area contributed by atoms with Gasteiger partial charge in [-0.25, -0.2) is 9.79 Å². The van der Waals surface area contributed by atoms with E-state index in [0.717, 1.165) is 48.3 Å². The summed E-state index contributed by atoms with van der Waals surface area (Å²) in [5, 5.41) is 3.01. The zero-order chi connectivity index (χ0) is 19.5. The fraction of sp³-hybridized carbons (Fsp3) is 0.450. The monoisotopic (exact) mass is 398 g/mol. The number of hydrogen-bond donors (Lipinski definition) is 1. The van der Waals surface area contributed by atoms with Crippen molar-refractivity contribution in [2.75, 3.05) is 44.3 Å². The molecule has 3 aliphatic rings. The van der Waals surface area contributed by atoms with Crippen LogP contribution in [-0.4, -0.2) is 77.9 Å². The predicted molar refractivity (Wildman–Crippen MR) is 115 cm³/mol. The minimum absolute atomic E-state index is 0.0452. The van der Waals surface area contributed by atoms with Crippen LogP contribution in [0.2, 0.25) is 0 Å². The summed E-state index contributed by atoms with van der Waals surface area (Å²) in [6.45, 7) is 5.97. The van der Waals surface area contributed by atoms with E-state index in [1.165, 1.54) is 0 Å². The number of fused-ring (bicyclic) bond motifs is 1. The third-order valence-corrected chi connectivity index (χ3v) is 6.01. The highest BCUT2D eigenvalue weighted by atomic mass is 32.2. The second-order valence-corrected chi connectivity index (χ2v) is 7.96. The lowest BCUT2D eigenvalue weighted by Crippen LogP contribution is -2.49. The molecule has 0 unspecified atom stereocenters. The Morgan fingerprint density at radius 2 is 2.11 bits per heavy atom. The topological polar surface area (TPSA) is 63.5 Å². The summed E-state index contributed by atoms with van der Waals surface area (Å²) in [7, 11) is 0. The molecule has 28 heavy (non-hydrogen) atoms. The lowest BCUT2D eigenvalue weighted by Gasteiger charge is -2.36. The van der Waals surface area contributed by atoms with Gasteiger partial charge in [0.05, 0.1) is 12.4 Å². The molecule has 7 nitrogen and oxygen atoms in total. The number of nitrogens with one attached hydrogen (secondary N) is 1. The van der Waals surface area contributed by atoms with E-state index in [1.807, 2.05) is 41.8 Å². The van der Waals surface area contributed by atoms with Crippen molar-refractivity contribution in [3.05, 3.63) is 36.2 Å². The quantitative estimate of drug-likeness (QED) is 0.792. The summed E-state index contributed by atoms with van der Waals surface area (Å²) in [5.74, 6) is 1.95. The molecule has 0 spiro atoms. The van der Waals surface area contributed by atoms with E-state index in [-0.39, 0.29) is 6.03 Å². The summed E-state index contributed by atoms with van der Waals surface area (Å²) in [6, 6.07) is 8.24. The number of amidine groups is 1. The molecule has 3 aliphatic heterocycles. The zero-order valence-corrected chi connectivity index (χ0v) is 17.2. The molecule has 1 fully saturated rings. The summed E-state index contributed by atoms with van der Waals surface area (Å²) < 4.78 is 0. The number of amides is 2. The predicted octanol–water partition coefficient (Wildman–Crippen LogP) is 2.93. The van der Waals surface area contributed by atoms with Crippen LogP contribution < -0.4 is 5.32 Å². The molecule has 0 bridgehead atoms. The van der Waals surface area contributed by atoms with Gasteiger partial charge in [-0.05, 0) is 30.9 Å². The Kier molecular flexibility index (Phi) is 5.57. The number of carbonyl (C=O) groups excluding carboxylic acids is 1. The van der Waals surface area contributed by atoms with Gasteiger partial charge < -0.3 is 20.0 Å². The standard InChI is InChI=1S/C20H26N6OS/c1-3-15-13-26-14-21-18(12-19(26)22-15)24-7-9-25(10-8-24)20(27)23-16-5-4-6-17(11-16)28-2/h4-6,11-12,14-15H,3,7-10,13H2,1-2H3,(H,23,27)/t15-/m0/s1. The van der Waals surface area contributed by atoms with Gasteiger partial charge in [0.1, 0.15) is 11.7 Å². The van der Waals surface area contributed by atoms with Crippen molar-refractivity contribution in [1.29, 1.82) is 0 Å². The molecule has 1 N–H and O–H groups in total. The lowest BCUT2D eigenvalue weighted by molar-refractivity contribution is 0.167. The minimum Gasteiger partial charge on any atom is -0.353 e. The van der Waals surface area contributed by atoms with E-state index < -0.39 is 0 Å². The Bertz CT molecular complexity index is 828. The third-order valence-electron chi connectivity index (χ3n) is 5.29. The van der Waals surface area contributed by atoms with Crippen molar-refractivity contribution < 1.29 is 4.79 Å². The Morgan fingerprint density at radius 3 is 2.86 bits per heavy atom. The summed E-state index contributed by atoms with van der Waals surface area (Å²) in [4.78, 5) is 29.3. The number of piperazine rings is 1. The van der Waals surface area contributed by atoms with Crippen LogP contribution in [0.3, 0.4) is 0 Å². The van der Waals surface area contributed by atoms with E-state index in [4.69, 9.17) is 4.99 Å². The summed E-state index contributed by atoms with van der Waals surface area (Å²) >= 11 is 1.67. The van der Waals surface area contributed by atoms with Crippen LogP contribution in [-0.2, 0) is 0 Å². The molecule has 4 rings (SSSR count). The Labute approximate surface area is 170 Å². The fourth-order valence-corrected chi connectivity index (χ4v) is 4.03. The first kappa shape index (κ1) is 18.9. The van der Waals surface area contributed by atoms with Gasteiger partial charge in [0, 0.05) is 49.4 Å². The van der Waals surface area contributed by atoms with Crippen LogP contribution in [0.5, 0.6) is 0 Å². The Balaban J connectivity index is 1.33. The van der Waals surface area contributed by atoms with Gasteiger partial charge in [-0.1, -0.05) is 13.0 Å². The first-order valence-electron chi connectivity index (χ1n) is 9.71. The van der Waals surface area contributed by atoms with Crippen molar-refractivity contribution in [2.45, 2.75) is 24.3 Å². The summed E-state index contributed by atoms with van der Waals surface area (Å²) in [5.41, 5.74) is 0.837. The molecule has 0 aromatic heterocycles. The number of urea groups is 1. The molecule has 3 heterocycles. The van der Waals surface area contributed by atoms with E-state index >= 15 is 0 Å². The molecule has 148 valence electrons. The van der Waals surface area contributed by atoms with Gasteiger partial charge in [-0.3, -0.25) is 4.99 Å². The molecule has 8 heteroatoms. The van der Waals surface area contributed by atoms with E-state index in [1.54, 1.807) is 11.8 Å². The Hall–Kier alpha value is -2.48. The van der Waals surface area contributed by atoms with E-state index in [0.29, 0.717) is 19.1 Å². The minimum atomic E-state index is -0.0452. The van der Waals surface area contributed by atoms with Crippen LogP contribution in [0.4, 0.5) is 10.5 Å². The maximum atomic E-state index is 12.6. The number of rotatable bonds is 4. The maximum Gasteiger partial charge on any atom is 0.321 e. The van der Waals surface area contributed by atoms with Gasteiger partial charge in [-0.2, -0.15) is 0 Å². The molecular formula is C20H26N6OS. The van der Waals surface area contributed by atoms with E-state index in [9.17, 15) is 4.79 Å². The second kappa shape index (κ2) is 8.26. The van der Waals surface area contributed by atoms with Gasteiger partial charge in [-0.15, -0.1) is 11.8 Å². The largest absolute Gasteiger partial charge is 0.353 e. The van der Waals surface area contributed by atoms with Crippen LogP contribution >= 0.6 is 11.8 Å². The number of benzene rings is 1. The molecule has 0 saturated carbocycles. The fourth-order valence-electron chi connectivity index (χ4n) is 3.57. The first-order valence-corrected chi connectivity index (χ1v) is 10.9. The highest BCUT2D eigenvalue weighted by Gasteiger charge is 2.27. The number of hydrogen-bond acceptors (Lipinski definition) is 6. The van der Waals surface area contributed by atoms with Crippen LogP contribution in [0, 0.1) is 0 Å². The van der Waals surface area contributed by atoms with Crippen molar-refractivity contribution in [2.24, 2.45) is 9.98 Å². The molecule has 0 radical (unpaired) electrons. The van der Waals surface area contributed by atoms with Crippen molar-refractivity contribution in [1.82, 2.24) is 14.7 Å². The number of carbonyl (C=O) groups is 1. The first-order chi connectivity index (χ1) is 13.7. The Morgan fingerprint density at radius 1 is 1.29 bits per heavy atom. The highest BCUT2D eigenvalue weighted by molar-refractivity contribution is 7.98. The van der Waals surface area contributed by atoms with Crippen LogP contribution in [0.25, 0.3) is 0 Å². The number of aliphatic imine (C=N–C) groups is 2. The number of nitrogens with zero attached hydrogens (tertiary/aromatic N) is 5. The van der Waals surface area contributed by atoms with Gasteiger partial charge in [0.15, 0.2) is 0 Å². The SMILES string of the molecule is CC[C@H]1CN2C=NC(N3CCN(C(=O)Nc4cccc(SC)c4)CC3)=CC2=N1. The molecule has 1 aromatic rings.